The van der Waals surface area contributed by atoms with Crippen molar-refractivity contribution in [2.75, 3.05) is 20.3 Å². The molecule has 1 aromatic rings. The lowest BCUT2D eigenvalue weighted by molar-refractivity contribution is -0.0237. The van der Waals surface area contributed by atoms with Gasteiger partial charge in [0.1, 0.15) is 0 Å². The number of benzene rings is 1. The monoisotopic (exact) mass is 345 g/mol. The first kappa shape index (κ1) is 16.7. The van der Waals surface area contributed by atoms with Crippen molar-refractivity contribution >= 4 is 5.71 Å². The molecular weight excluding hydrogens is 318 g/mol. The van der Waals surface area contributed by atoms with Crippen molar-refractivity contribution in [1.82, 2.24) is 0 Å². The van der Waals surface area contributed by atoms with Crippen LogP contribution in [0.15, 0.2) is 23.4 Å². The van der Waals surface area contributed by atoms with Crippen LogP contribution in [0.4, 0.5) is 0 Å². The van der Waals surface area contributed by atoms with Crippen molar-refractivity contribution < 1.29 is 19.0 Å². The highest BCUT2D eigenvalue weighted by Gasteiger charge is 2.43. The quantitative estimate of drug-likeness (QED) is 0.772. The van der Waals surface area contributed by atoms with E-state index in [1.807, 2.05) is 12.1 Å². The second-order valence-electron chi connectivity index (χ2n) is 7.39. The van der Waals surface area contributed by atoms with Gasteiger partial charge in [-0.3, -0.25) is 0 Å². The van der Waals surface area contributed by atoms with Crippen LogP contribution in [0.1, 0.15) is 56.9 Å². The van der Waals surface area contributed by atoms with Gasteiger partial charge in [0.25, 0.3) is 0 Å². The SMILES string of the molecule is COc1ccc(C2=NOC3(CCOC3)C2)cc1OC1CCCCCC1. The van der Waals surface area contributed by atoms with Crippen LogP contribution in [0.5, 0.6) is 11.5 Å². The first-order valence-corrected chi connectivity index (χ1v) is 9.46. The van der Waals surface area contributed by atoms with Crippen LogP contribution in [0, 0.1) is 0 Å². The molecular formula is C20H27NO4. The summed E-state index contributed by atoms with van der Waals surface area (Å²) in [5.41, 5.74) is 1.77. The molecule has 1 aromatic carbocycles. The van der Waals surface area contributed by atoms with Crippen LogP contribution in [0.3, 0.4) is 0 Å². The molecule has 0 N–H and O–H groups in total. The Kier molecular flexibility index (Phi) is 4.84. The molecule has 3 aliphatic rings. The van der Waals surface area contributed by atoms with E-state index < -0.39 is 0 Å². The zero-order valence-corrected chi connectivity index (χ0v) is 15.0. The predicted molar refractivity (Wildman–Crippen MR) is 95.5 cm³/mol. The second kappa shape index (κ2) is 7.24. The number of oxime groups is 1. The summed E-state index contributed by atoms with van der Waals surface area (Å²) in [6, 6.07) is 6.07. The molecule has 0 radical (unpaired) electrons. The van der Waals surface area contributed by atoms with Gasteiger partial charge in [-0.25, -0.2) is 0 Å². The van der Waals surface area contributed by atoms with Crippen LogP contribution in [0.2, 0.25) is 0 Å². The minimum atomic E-state index is -0.252. The van der Waals surface area contributed by atoms with E-state index in [0.717, 1.165) is 55.1 Å². The van der Waals surface area contributed by atoms with Crippen molar-refractivity contribution in [2.24, 2.45) is 5.16 Å². The molecule has 2 aliphatic heterocycles. The normalized spacial score (nSPS) is 27.0. The van der Waals surface area contributed by atoms with Crippen LogP contribution in [-0.2, 0) is 9.57 Å². The number of hydrogen-bond acceptors (Lipinski definition) is 5. The summed E-state index contributed by atoms with van der Waals surface area (Å²) >= 11 is 0. The number of methoxy groups -OCH3 is 1. The molecule has 4 rings (SSSR count). The lowest BCUT2D eigenvalue weighted by Gasteiger charge is -2.20. The Bertz CT molecular complexity index is 629. The second-order valence-corrected chi connectivity index (χ2v) is 7.39. The van der Waals surface area contributed by atoms with Gasteiger partial charge in [-0.15, -0.1) is 0 Å². The Hall–Kier alpha value is -1.75. The summed E-state index contributed by atoms with van der Waals surface area (Å²) in [7, 11) is 1.69. The fourth-order valence-electron chi connectivity index (χ4n) is 3.96. The molecule has 2 fully saturated rings. The van der Waals surface area contributed by atoms with E-state index in [1.54, 1.807) is 7.11 Å². The van der Waals surface area contributed by atoms with Gasteiger partial charge in [0.2, 0.25) is 0 Å². The lowest BCUT2D eigenvalue weighted by atomic mass is 9.93. The highest BCUT2D eigenvalue weighted by molar-refractivity contribution is 6.02. The van der Waals surface area contributed by atoms with Crippen molar-refractivity contribution in [3.05, 3.63) is 23.8 Å². The van der Waals surface area contributed by atoms with E-state index >= 15 is 0 Å². The molecule has 2 heterocycles. The van der Waals surface area contributed by atoms with Gasteiger partial charge in [-0.1, -0.05) is 18.0 Å². The highest BCUT2D eigenvalue weighted by atomic mass is 16.7. The lowest BCUT2D eigenvalue weighted by Crippen LogP contribution is -2.29. The van der Waals surface area contributed by atoms with Gasteiger partial charge in [0.15, 0.2) is 17.1 Å². The maximum absolute atomic E-state index is 6.33. The fraction of sp³-hybridized carbons (Fsp3) is 0.650. The minimum absolute atomic E-state index is 0.252. The van der Waals surface area contributed by atoms with E-state index in [4.69, 9.17) is 19.0 Å². The zero-order chi connectivity index (χ0) is 17.1. The number of ether oxygens (including phenoxy) is 3. The molecule has 0 aromatic heterocycles. The first-order chi connectivity index (χ1) is 12.3. The molecule has 136 valence electrons. The largest absolute Gasteiger partial charge is 0.493 e. The maximum atomic E-state index is 6.33. The number of hydrogen-bond donors (Lipinski definition) is 0. The summed E-state index contributed by atoms with van der Waals surface area (Å²) in [5.74, 6) is 1.60. The van der Waals surface area contributed by atoms with Crippen molar-refractivity contribution in [3.8, 4) is 11.5 Å². The van der Waals surface area contributed by atoms with Crippen LogP contribution in [-0.4, -0.2) is 37.7 Å². The molecule has 0 amide bonds. The van der Waals surface area contributed by atoms with E-state index in [-0.39, 0.29) is 11.7 Å². The summed E-state index contributed by atoms with van der Waals surface area (Å²) in [5, 5.41) is 4.34. The molecule has 0 bridgehead atoms. The molecule has 5 heteroatoms. The van der Waals surface area contributed by atoms with Gasteiger partial charge in [0.05, 0.1) is 32.1 Å². The summed E-state index contributed by atoms with van der Waals surface area (Å²) in [6.07, 6.45) is 9.35. The molecule has 1 aliphatic carbocycles. The maximum Gasteiger partial charge on any atom is 0.168 e. The van der Waals surface area contributed by atoms with Crippen molar-refractivity contribution in [3.63, 3.8) is 0 Å². The van der Waals surface area contributed by atoms with Gasteiger partial charge < -0.3 is 19.0 Å². The molecule has 25 heavy (non-hydrogen) atoms. The minimum Gasteiger partial charge on any atom is -0.493 e. The third-order valence-corrected chi connectivity index (χ3v) is 5.50. The number of nitrogens with zero attached hydrogens (tertiary/aromatic N) is 1. The van der Waals surface area contributed by atoms with E-state index in [1.165, 1.54) is 25.7 Å². The third kappa shape index (κ3) is 3.61. The van der Waals surface area contributed by atoms with Crippen molar-refractivity contribution in [2.45, 2.75) is 63.1 Å². The average Bonchev–Trinajstić information content (AvgIpc) is 3.19. The third-order valence-electron chi connectivity index (χ3n) is 5.50. The summed E-state index contributed by atoms with van der Waals surface area (Å²) < 4.78 is 17.3. The molecule has 1 saturated carbocycles. The Morgan fingerprint density at radius 2 is 1.96 bits per heavy atom. The first-order valence-electron chi connectivity index (χ1n) is 9.46. The standard InChI is InChI=1S/C20H27NO4/c1-22-18-9-8-15(17-13-20(25-21-17)10-11-23-14-20)12-19(18)24-16-6-4-2-3-5-7-16/h8-9,12,16H,2-7,10-11,13-14H2,1H3. The van der Waals surface area contributed by atoms with E-state index in [9.17, 15) is 0 Å². The summed E-state index contributed by atoms with van der Waals surface area (Å²) in [4.78, 5) is 5.72. The van der Waals surface area contributed by atoms with Gasteiger partial charge in [0, 0.05) is 18.4 Å². The molecule has 1 spiro atoms. The predicted octanol–water partition coefficient (Wildman–Crippen LogP) is 4.08. The average molecular weight is 345 g/mol. The fourth-order valence-corrected chi connectivity index (χ4v) is 3.96. The van der Waals surface area contributed by atoms with Gasteiger partial charge >= 0.3 is 0 Å². The molecule has 1 unspecified atom stereocenters. The smallest absolute Gasteiger partial charge is 0.168 e. The zero-order valence-electron chi connectivity index (χ0n) is 15.0. The Morgan fingerprint density at radius 3 is 2.68 bits per heavy atom. The van der Waals surface area contributed by atoms with Crippen LogP contribution >= 0.6 is 0 Å². The van der Waals surface area contributed by atoms with Crippen LogP contribution < -0.4 is 9.47 Å². The number of rotatable bonds is 4. The Morgan fingerprint density at radius 1 is 1.12 bits per heavy atom. The molecule has 1 atom stereocenters. The van der Waals surface area contributed by atoms with Crippen molar-refractivity contribution in [1.29, 1.82) is 0 Å². The van der Waals surface area contributed by atoms with E-state index in [0.29, 0.717) is 6.61 Å². The van der Waals surface area contributed by atoms with Gasteiger partial charge in [-0.2, -0.15) is 0 Å². The molecule has 1 saturated heterocycles. The van der Waals surface area contributed by atoms with Gasteiger partial charge in [-0.05, 0) is 43.9 Å². The molecule has 5 nitrogen and oxygen atoms in total. The van der Waals surface area contributed by atoms with E-state index in [2.05, 4.69) is 11.2 Å². The Labute approximate surface area is 149 Å². The highest BCUT2D eigenvalue weighted by Crippen LogP contribution is 2.37. The summed E-state index contributed by atoms with van der Waals surface area (Å²) in [6.45, 7) is 1.38. The van der Waals surface area contributed by atoms with Crippen LogP contribution in [0.25, 0.3) is 0 Å². The topological polar surface area (TPSA) is 49.3 Å². The Balaban J connectivity index is 1.52.